The molecule has 11 heteroatoms. The maximum Gasteiger partial charge on any atom is 0.340 e. The molecule has 0 radical (unpaired) electrons. The van der Waals surface area contributed by atoms with Gasteiger partial charge in [0.25, 0.3) is 0 Å². The lowest BCUT2D eigenvalue weighted by Crippen LogP contribution is -2.41. The maximum atomic E-state index is 13.0. The molecule has 0 unspecified atom stereocenters. The zero-order valence-electron chi connectivity index (χ0n) is 19.0. The van der Waals surface area contributed by atoms with Crippen molar-refractivity contribution in [2.75, 3.05) is 56.7 Å². The molecule has 0 atom stereocenters. The van der Waals surface area contributed by atoms with Crippen LogP contribution in [0.4, 0.5) is 11.4 Å². The summed E-state index contributed by atoms with van der Waals surface area (Å²) in [5.41, 5.74) is 1.51. The second-order valence-electron chi connectivity index (χ2n) is 8.18. The van der Waals surface area contributed by atoms with E-state index in [0.717, 1.165) is 5.69 Å². The molecule has 1 aromatic heterocycles. The second kappa shape index (κ2) is 10.5. The quantitative estimate of drug-likeness (QED) is 0.611. The van der Waals surface area contributed by atoms with Gasteiger partial charge in [0, 0.05) is 50.2 Å². The van der Waals surface area contributed by atoms with E-state index in [9.17, 15) is 18.0 Å². The number of aromatic nitrogens is 1. The van der Waals surface area contributed by atoms with Gasteiger partial charge in [0.15, 0.2) is 0 Å². The van der Waals surface area contributed by atoms with Gasteiger partial charge in [0.05, 0.1) is 31.6 Å². The monoisotopic (exact) mass is 488 g/mol. The first-order valence-electron chi connectivity index (χ1n) is 11.2. The van der Waals surface area contributed by atoms with E-state index in [1.54, 1.807) is 18.2 Å². The lowest BCUT2D eigenvalue weighted by molar-refractivity contribution is -0.120. The number of carbonyl (C=O) groups is 2. The molecule has 2 aliphatic rings. The zero-order chi connectivity index (χ0) is 24.1. The van der Waals surface area contributed by atoms with Crippen LogP contribution in [0.25, 0.3) is 0 Å². The Morgan fingerprint density at radius 3 is 2.50 bits per heavy atom. The lowest BCUT2D eigenvalue weighted by Gasteiger charge is -2.31. The normalized spacial score (nSPS) is 17.9. The van der Waals surface area contributed by atoms with Crippen LogP contribution in [0.2, 0.25) is 0 Å². The van der Waals surface area contributed by atoms with Crippen LogP contribution in [0.1, 0.15) is 23.2 Å². The molecule has 2 aromatic rings. The number of morpholine rings is 1. The number of carbonyl (C=O) groups excluding carboxylic acids is 2. The number of hydrogen-bond donors (Lipinski definition) is 1. The van der Waals surface area contributed by atoms with Gasteiger partial charge in [-0.25, -0.2) is 13.2 Å². The molecule has 4 rings (SSSR count). The Balaban J connectivity index is 1.43. The van der Waals surface area contributed by atoms with Crippen molar-refractivity contribution in [2.45, 2.75) is 17.7 Å². The van der Waals surface area contributed by atoms with Crippen molar-refractivity contribution < 1.29 is 27.5 Å². The highest BCUT2D eigenvalue weighted by Crippen LogP contribution is 2.28. The molecule has 10 nitrogen and oxygen atoms in total. The van der Waals surface area contributed by atoms with Crippen molar-refractivity contribution in [1.29, 1.82) is 0 Å². The van der Waals surface area contributed by atoms with Crippen LogP contribution in [0.3, 0.4) is 0 Å². The molecular weight excluding hydrogens is 460 g/mol. The number of nitrogens with one attached hydrogen (secondary N) is 1. The number of ether oxygens (including phenoxy) is 2. The van der Waals surface area contributed by atoms with Crippen LogP contribution in [-0.4, -0.2) is 76.1 Å². The Kier molecular flexibility index (Phi) is 7.44. The van der Waals surface area contributed by atoms with E-state index in [2.05, 4.69) is 15.2 Å². The predicted octanol–water partition coefficient (Wildman–Crippen LogP) is 1.74. The van der Waals surface area contributed by atoms with Crippen LogP contribution < -0.4 is 10.2 Å². The summed E-state index contributed by atoms with van der Waals surface area (Å²) in [7, 11) is -2.34. The van der Waals surface area contributed by atoms with Gasteiger partial charge in [-0.15, -0.1) is 0 Å². The Bertz CT molecular complexity index is 1130. The van der Waals surface area contributed by atoms with Crippen LogP contribution in [0.5, 0.6) is 0 Å². The molecule has 0 saturated carbocycles. The highest BCUT2D eigenvalue weighted by Gasteiger charge is 2.32. The van der Waals surface area contributed by atoms with Crippen LogP contribution in [0.15, 0.2) is 47.6 Å². The first-order chi connectivity index (χ1) is 16.4. The highest BCUT2D eigenvalue weighted by atomic mass is 32.2. The summed E-state index contributed by atoms with van der Waals surface area (Å²) in [6.45, 7) is 3.12. The zero-order valence-corrected chi connectivity index (χ0v) is 19.8. The molecule has 1 amide bonds. The summed E-state index contributed by atoms with van der Waals surface area (Å²) in [5.74, 6) is -1.16. The van der Waals surface area contributed by atoms with Crippen LogP contribution >= 0.6 is 0 Å². The predicted molar refractivity (Wildman–Crippen MR) is 125 cm³/mol. The number of anilines is 2. The molecule has 0 aliphatic carbocycles. The number of pyridine rings is 1. The minimum atomic E-state index is -3.64. The summed E-state index contributed by atoms with van der Waals surface area (Å²) in [5, 5.41) is 2.85. The van der Waals surface area contributed by atoms with Crippen molar-refractivity contribution in [3.8, 4) is 0 Å². The number of amides is 1. The van der Waals surface area contributed by atoms with Gasteiger partial charge in [-0.05, 0) is 43.2 Å². The fraction of sp³-hybridized carbons (Fsp3) is 0.435. The Morgan fingerprint density at radius 1 is 1.12 bits per heavy atom. The average molecular weight is 489 g/mol. The topological polar surface area (TPSA) is 118 Å². The summed E-state index contributed by atoms with van der Waals surface area (Å²) >= 11 is 0. The molecule has 2 fully saturated rings. The maximum absolute atomic E-state index is 13.0. The van der Waals surface area contributed by atoms with E-state index in [1.807, 2.05) is 6.07 Å². The molecule has 2 aliphatic heterocycles. The lowest BCUT2D eigenvalue weighted by atomic mass is 9.97. The number of rotatable bonds is 6. The van der Waals surface area contributed by atoms with E-state index < -0.39 is 16.0 Å². The number of hydrogen-bond acceptors (Lipinski definition) is 8. The second-order valence-corrected chi connectivity index (χ2v) is 10.1. The van der Waals surface area contributed by atoms with E-state index >= 15 is 0 Å². The van der Waals surface area contributed by atoms with Gasteiger partial charge in [-0.2, -0.15) is 4.31 Å². The molecular formula is C23H28N4O6S. The standard InChI is InChI=1S/C23H28N4O6S/c1-32-23(29)20-15-18(26-11-13-33-14-12-26)4-5-21(20)25-22(28)17-6-9-27(10-7-17)34(30,31)19-3-2-8-24-16-19/h2-5,8,15-17H,6-7,9-14H2,1H3,(H,25,28). The third kappa shape index (κ3) is 5.21. The molecule has 34 heavy (non-hydrogen) atoms. The molecule has 2 saturated heterocycles. The van der Waals surface area contributed by atoms with Gasteiger partial charge in [-0.3, -0.25) is 9.78 Å². The van der Waals surface area contributed by atoms with E-state index in [4.69, 9.17) is 9.47 Å². The molecule has 1 aromatic carbocycles. The Labute approximate surface area is 198 Å². The van der Waals surface area contributed by atoms with Crippen molar-refractivity contribution in [3.63, 3.8) is 0 Å². The number of esters is 1. The number of methoxy groups -OCH3 is 1. The van der Waals surface area contributed by atoms with Gasteiger partial charge in [0.1, 0.15) is 4.90 Å². The molecule has 0 bridgehead atoms. The number of piperidine rings is 1. The van der Waals surface area contributed by atoms with Gasteiger partial charge in [-0.1, -0.05) is 0 Å². The number of nitrogens with zero attached hydrogens (tertiary/aromatic N) is 3. The fourth-order valence-corrected chi connectivity index (χ4v) is 5.61. The Morgan fingerprint density at radius 2 is 1.85 bits per heavy atom. The van der Waals surface area contributed by atoms with Crippen molar-refractivity contribution >= 4 is 33.3 Å². The van der Waals surface area contributed by atoms with Gasteiger partial charge >= 0.3 is 5.97 Å². The minimum absolute atomic E-state index is 0.140. The first kappa shape index (κ1) is 24.1. The molecule has 3 heterocycles. The van der Waals surface area contributed by atoms with E-state index in [-0.39, 0.29) is 35.4 Å². The molecule has 0 spiro atoms. The van der Waals surface area contributed by atoms with Crippen LogP contribution in [-0.2, 0) is 24.3 Å². The van der Waals surface area contributed by atoms with E-state index in [0.29, 0.717) is 44.8 Å². The summed E-state index contributed by atoms with van der Waals surface area (Å²) in [6, 6.07) is 8.37. The number of sulfonamides is 1. The Hall–Kier alpha value is -3.02. The molecule has 1 N–H and O–H groups in total. The summed E-state index contributed by atoms with van der Waals surface area (Å²) in [6.07, 6.45) is 3.60. The smallest absolute Gasteiger partial charge is 0.340 e. The number of benzene rings is 1. The van der Waals surface area contributed by atoms with Gasteiger partial charge in [0.2, 0.25) is 15.9 Å². The highest BCUT2D eigenvalue weighted by molar-refractivity contribution is 7.89. The van der Waals surface area contributed by atoms with E-state index in [1.165, 1.54) is 29.9 Å². The minimum Gasteiger partial charge on any atom is -0.465 e. The summed E-state index contributed by atoms with van der Waals surface area (Å²) < 4.78 is 37.3. The first-order valence-corrected chi connectivity index (χ1v) is 12.6. The SMILES string of the molecule is COC(=O)c1cc(N2CCOCC2)ccc1NC(=O)C1CCN(S(=O)(=O)c2cccnc2)CC1. The third-order valence-electron chi connectivity index (χ3n) is 6.14. The fourth-order valence-electron chi connectivity index (χ4n) is 4.18. The summed E-state index contributed by atoms with van der Waals surface area (Å²) in [4.78, 5) is 31.5. The van der Waals surface area contributed by atoms with Crippen molar-refractivity contribution in [3.05, 3.63) is 48.3 Å². The van der Waals surface area contributed by atoms with Crippen molar-refractivity contribution in [1.82, 2.24) is 9.29 Å². The average Bonchev–Trinajstić information content (AvgIpc) is 2.89. The van der Waals surface area contributed by atoms with Crippen LogP contribution in [0, 0.1) is 5.92 Å². The van der Waals surface area contributed by atoms with Crippen molar-refractivity contribution in [2.24, 2.45) is 5.92 Å². The largest absolute Gasteiger partial charge is 0.465 e. The third-order valence-corrected chi connectivity index (χ3v) is 8.02. The molecule has 182 valence electrons. The van der Waals surface area contributed by atoms with Gasteiger partial charge < -0.3 is 19.7 Å².